The molecular formula is C22H36B2N2O13P2S2. The standard InChI is InChI=1S/C22H36B2N2O13P2S2/c1-22(2,13-26-20(27)5-3-4-10-25-21(28)15-6-8-16(9-7-15)24(29)30)43-42-14-36-17-11-19(23)38-18(17)12-37-41(34,35)39-40(31,32)33/h6-9,17-19,29-30H,3-5,10-14H2,1-2H3,(H,25,28)(H,26,27)(H,34,35)(H2,31,32,33)/t17?,18-,19-/m1/s1. The Kier molecular flexibility index (Phi) is 15.8. The van der Waals surface area contributed by atoms with Crippen molar-refractivity contribution < 1.29 is 61.8 Å². The van der Waals surface area contributed by atoms with E-state index in [4.69, 9.17) is 37.2 Å². The minimum Gasteiger partial charge on any atom is -0.423 e. The van der Waals surface area contributed by atoms with Crippen molar-refractivity contribution in [3.63, 3.8) is 0 Å². The van der Waals surface area contributed by atoms with Gasteiger partial charge in [0, 0.05) is 35.8 Å². The molecule has 0 saturated carbocycles. The maximum absolute atomic E-state index is 12.3. The van der Waals surface area contributed by atoms with Gasteiger partial charge in [-0.3, -0.25) is 14.1 Å². The van der Waals surface area contributed by atoms with Crippen LogP contribution in [-0.4, -0.2) is 100 Å². The van der Waals surface area contributed by atoms with Crippen molar-refractivity contribution in [3.05, 3.63) is 29.8 Å². The van der Waals surface area contributed by atoms with E-state index in [0.717, 1.165) is 0 Å². The molecule has 4 atom stereocenters. The van der Waals surface area contributed by atoms with Crippen LogP contribution in [0.4, 0.5) is 0 Å². The van der Waals surface area contributed by atoms with Crippen LogP contribution in [0.3, 0.4) is 0 Å². The van der Waals surface area contributed by atoms with Crippen LogP contribution in [0, 0.1) is 0 Å². The van der Waals surface area contributed by atoms with E-state index >= 15 is 0 Å². The molecule has 1 heterocycles. The second kappa shape index (κ2) is 17.7. The molecule has 0 aliphatic carbocycles. The largest absolute Gasteiger partial charge is 0.488 e. The summed E-state index contributed by atoms with van der Waals surface area (Å²) < 4.78 is 41.6. The monoisotopic (exact) mass is 684 g/mol. The summed E-state index contributed by atoms with van der Waals surface area (Å²) in [5, 5.41) is 23.9. The van der Waals surface area contributed by atoms with E-state index in [1.807, 2.05) is 13.8 Å². The van der Waals surface area contributed by atoms with Gasteiger partial charge in [-0.05, 0) is 50.7 Å². The van der Waals surface area contributed by atoms with E-state index < -0.39 is 47.6 Å². The highest BCUT2D eigenvalue weighted by Crippen LogP contribution is 2.57. The van der Waals surface area contributed by atoms with Gasteiger partial charge in [-0.15, -0.1) is 0 Å². The van der Waals surface area contributed by atoms with Crippen molar-refractivity contribution in [2.75, 3.05) is 25.6 Å². The Morgan fingerprint density at radius 2 is 1.81 bits per heavy atom. The van der Waals surface area contributed by atoms with Crippen LogP contribution in [0.15, 0.2) is 24.3 Å². The predicted octanol–water partition coefficient (Wildman–Crippen LogP) is 0.395. The molecule has 0 aromatic heterocycles. The number of nitrogens with one attached hydrogen (secondary N) is 2. The average molecular weight is 684 g/mol. The topological polar surface area (TPSA) is 230 Å². The Balaban J connectivity index is 1.60. The van der Waals surface area contributed by atoms with E-state index in [2.05, 4.69) is 19.5 Å². The Hall–Kier alpha value is -0.910. The van der Waals surface area contributed by atoms with Gasteiger partial charge in [0.05, 0.1) is 12.7 Å². The number of unbranched alkanes of at least 4 members (excludes halogenated alkanes) is 1. The van der Waals surface area contributed by atoms with Crippen LogP contribution < -0.4 is 16.1 Å². The lowest BCUT2D eigenvalue weighted by atomic mass is 9.80. The lowest BCUT2D eigenvalue weighted by Gasteiger charge is -2.24. The Labute approximate surface area is 259 Å². The minimum absolute atomic E-state index is 0.122. The Bertz CT molecular complexity index is 1150. The summed E-state index contributed by atoms with van der Waals surface area (Å²) >= 11 is 0. The summed E-state index contributed by atoms with van der Waals surface area (Å²) in [6.07, 6.45) is 0.264. The first kappa shape index (κ1) is 38.3. The van der Waals surface area contributed by atoms with Crippen molar-refractivity contribution in [2.24, 2.45) is 0 Å². The van der Waals surface area contributed by atoms with Crippen LogP contribution in [0.2, 0.25) is 0 Å². The third kappa shape index (κ3) is 15.8. The van der Waals surface area contributed by atoms with Crippen LogP contribution in [0.25, 0.3) is 0 Å². The van der Waals surface area contributed by atoms with E-state index in [9.17, 15) is 23.6 Å². The van der Waals surface area contributed by atoms with Crippen molar-refractivity contribution >= 4 is 69.5 Å². The molecule has 1 aliphatic rings. The number of phosphoric ester groups is 1. The second-order valence-electron chi connectivity index (χ2n) is 10.1. The fourth-order valence-electron chi connectivity index (χ4n) is 3.65. The average Bonchev–Trinajstić information content (AvgIpc) is 3.26. The summed E-state index contributed by atoms with van der Waals surface area (Å²) in [6.45, 7) is 4.12. The van der Waals surface area contributed by atoms with Gasteiger partial charge in [-0.1, -0.05) is 33.7 Å². The molecule has 7 N–H and O–H groups in total. The zero-order valence-electron chi connectivity index (χ0n) is 23.6. The van der Waals surface area contributed by atoms with Gasteiger partial charge in [0.25, 0.3) is 5.91 Å². The molecule has 43 heavy (non-hydrogen) atoms. The smallest absolute Gasteiger partial charge is 0.423 e. The number of rotatable bonds is 19. The Morgan fingerprint density at radius 1 is 1.14 bits per heavy atom. The number of carbonyl (C=O) groups excluding carboxylic acids is 2. The molecule has 21 heteroatoms. The number of carbonyl (C=O) groups is 2. The number of benzene rings is 1. The third-order valence-corrected chi connectivity index (χ3v) is 10.8. The maximum Gasteiger partial charge on any atom is 0.488 e. The van der Waals surface area contributed by atoms with Gasteiger partial charge in [0.1, 0.15) is 19.9 Å². The number of ether oxygens (including phenoxy) is 2. The first-order valence-corrected chi connectivity index (χ1v) is 18.4. The number of hydrogen-bond acceptors (Lipinski definition) is 12. The Morgan fingerprint density at radius 3 is 2.44 bits per heavy atom. The van der Waals surface area contributed by atoms with Crippen LogP contribution in [0.5, 0.6) is 0 Å². The van der Waals surface area contributed by atoms with Gasteiger partial charge in [0.15, 0.2) is 0 Å². The van der Waals surface area contributed by atoms with Crippen molar-refractivity contribution in [2.45, 2.75) is 62.5 Å². The number of hydrogen-bond donors (Lipinski definition) is 7. The number of phosphoric acid groups is 2. The normalized spacial score (nSPS) is 20.4. The minimum atomic E-state index is -5.24. The molecule has 0 bridgehead atoms. The molecular weight excluding hydrogens is 648 g/mol. The van der Waals surface area contributed by atoms with Crippen molar-refractivity contribution in [3.8, 4) is 0 Å². The molecule has 2 radical (unpaired) electrons. The van der Waals surface area contributed by atoms with Gasteiger partial charge < -0.3 is 44.8 Å². The maximum atomic E-state index is 12.3. The molecule has 15 nitrogen and oxygen atoms in total. The molecule has 2 unspecified atom stereocenters. The quantitative estimate of drug-likeness (QED) is 0.0344. The molecule has 240 valence electrons. The van der Waals surface area contributed by atoms with E-state index in [0.29, 0.717) is 37.9 Å². The zero-order valence-corrected chi connectivity index (χ0v) is 27.0. The highest BCUT2D eigenvalue weighted by Gasteiger charge is 2.38. The molecule has 1 fully saturated rings. The molecule has 2 rings (SSSR count). The first-order valence-electron chi connectivity index (χ1n) is 13.0. The zero-order chi connectivity index (χ0) is 32.3. The van der Waals surface area contributed by atoms with Gasteiger partial charge >= 0.3 is 22.8 Å². The fourth-order valence-corrected chi connectivity index (χ4v) is 7.42. The highest BCUT2D eigenvalue weighted by atomic mass is 33.1. The van der Waals surface area contributed by atoms with Crippen LogP contribution >= 0.6 is 37.2 Å². The van der Waals surface area contributed by atoms with Crippen LogP contribution in [0.1, 0.15) is 49.9 Å². The van der Waals surface area contributed by atoms with E-state index in [1.54, 1.807) is 0 Å². The summed E-state index contributed by atoms with van der Waals surface area (Å²) in [6, 6.07) is 5.20. The van der Waals surface area contributed by atoms with E-state index in [1.165, 1.54) is 45.9 Å². The predicted molar refractivity (Wildman–Crippen MR) is 162 cm³/mol. The summed E-state index contributed by atoms with van der Waals surface area (Å²) in [4.78, 5) is 51.2. The van der Waals surface area contributed by atoms with Gasteiger partial charge in [0.2, 0.25) is 5.91 Å². The van der Waals surface area contributed by atoms with E-state index in [-0.39, 0.29) is 34.4 Å². The SMILES string of the molecule is [B][C@H]1CC(OCSSC(C)(C)CNC(=O)CCCCNC(=O)c2ccc(B(O)O)cc2)[C@@H](COP(=O)(O)OP(=O)(O)O)O1. The summed E-state index contributed by atoms with van der Waals surface area (Å²) in [5.41, 5.74) is 0.681. The number of amides is 2. The highest BCUT2D eigenvalue weighted by molar-refractivity contribution is 8.77. The van der Waals surface area contributed by atoms with Crippen molar-refractivity contribution in [1.82, 2.24) is 10.6 Å². The first-order chi connectivity index (χ1) is 20.0. The summed E-state index contributed by atoms with van der Waals surface area (Å²) in [5.74, 6) is -0.225. The summed E-state index contributed by atoms with van der Waals surface area (Å²) in [7, 11) is -3.25. The molecule has 1 aliphatic heterocycles. The van der Waals surface area contributed by atoms with Gasteiger partial charge in [-0.25, -0.2) is 9.13 Å². The molecule has 1 saturated heterocycles. The lowest BCUT2D eigenvalue weighted by molar-refractivity contribution is -0.121. The molecule has 2 amide bonds. The van der Waals surface area contributed by atoms with Crippen molar-refractivity contribution in [1.29, 1.82) is 0 Å². The fraction of sp³-hybridized carbons (Fsp3) is 0.636. The van der Waals surface area contributed by atoms with Crippen LogP contribution in [-0.2, 0) is 32.2 Å². The van der Waals surface area contributed by atoms with Gasteiger partial charge in [-0.2, -0.15) is 4.31 Å². The molecule has 1 aromatic rings. The molecule has 0 spiro atoms. The lowest BCUT2D eigenvalue weighted by Crippen LogP contribution is -2.36. The molecule has 1 aromatic carbocycles. The second-order valence-corrected chi connectivity index (χ2v) is 15.8. The third-order valence-electron chi connectivity index (χ3n) is 5.75.